The van der Waals surface area contributed by atoms with Gasteiger partial charge in [-0.2, -0.15) is 0 Å². The van der Waals surface area contributed by atoms with E-state index in [0.29, 0.717) is 31.8 Å². The molecule has 2 unspecified atom stereocenters. The minimum absolute atomic E-state index is 0.0234. The summed E-state index contributed by atoms with van der Waals surface area (Å²) in [4.78, 5) is 160. The molecule has 2 aromatic heterocycles. The van der Waals surface area contributed by atoms with Crippen LogP contribution in [-0.4, -0.2) is 164 Å². The zero-order chi connectivity index (χ0) is 88.6. The number of amides is 5. The summed E-state index contributed by atoms with van der Waals surface area (Å²) in [6.07, 6.45) is 0.222. The molecule has 10 rings (SSSR count). The second-order valence-electron chi connectivity index (χ2n) is 26.4. The van der Waals surface area contributed by atoms with Crippen molar-refractivity contribution < 1.29 is 117 Å². The van der Waals surface area contributed by atoms with Crippen LogP contribution in [0.2, 0.25) is 0 Å². The van der Waals surface area contributed by atoms with Gasteiger partial charge in [-0.1, -0.05) is 232 Å². The van der Waals surface area contributed by atoms with Crippen LogP contribution < -0.4 is 51.6 Å². The first-order valence-electron chi connectivity index (χ1n) is 37.9. The molecule has 10 aromatic rings. The first kappa shape index (κ1) is 97.6. The quantitative estimate of drug-likeness (QED) is 0.00333. The van der Waals surface area contributed by atoms with Gasteiger partial charge in [0, 0.05) is 16.7 Å². The maximum atomic E-state index is 13.1. The van der Waals surface area contributed by atoms with Crippen molar-refractivity contribution in [3.63, 3.8) is 0 Å². The third-order valence-electron chi connectivity index (χ3n) is 16.4. The number of nitrogens with one attached hydrogen (secondary N) is 6. The Hall–Kier alpha value is -13.2. The van der Waals surface area contributed by atoms with Crippen LogP contribution in [0.4, 0.5) is 14.4 Å². The average molecular weight is 1820 g/mol. The van der Waals surface area contributed by atoms with E-state index in [-0.39, 0.29) is 83.0 Å². The van der Waals surface area contributed by atoms with Gasteiger partial charge in [0.25, 0.3) is 5.91 Å². The number of hydrogen-bond donors (Lipinski definition) is 6. The van der Waals surface area contributed by atoms with Gasteiger partial charge in [0.15, 0.2) is 17.5 Å². The second kappa shape index (κ2) is 53.4. The van der Waals surface area contributed by atoms with Gasteiger partial charge in [0.1, 0.15) is 53.7 Å². The van der Waals surface area contributed by atoms with Crippen molar-refractivity contribution in [1.82, 2.24) is 40.1 Å². The van der Waals surface area contributed by atoms with Crippen LogP contribution in [0, 0.1) is 0 Å². The minimum atomic E-state index is -1.51. The van der Waals surface area contributed by atoms with Gasteiger partial charge < -0.3 is 59.7 Å². The number of benzene rings is 8. The number of alkyl carbamates (subject to hydrolysis) is 3. The smallest absolute Gasteiger partial charge is 0.407 e. The predicted molar refractivity (Wildman–Crippen MR) is 456 cm³/mol. The number of methoxy groups -OCH3 is 5. The van der Waals surface area contributed by atoms with E-state index in [1.165, 1.54) is 63.2 Å². The number of aliphatic imine (C=N–C) groups is 1. The number of alkyl halides is 1. The van der Waals surface area contributed by atoms with Crippen molar-refractivity contribution >= 4 is 99.9 Å². The summed E-state index contributed by atoms with van der Waals surface area (Å²) in [5.41, 5.74) is 6.74. The summed E-state index contributed by atoms with van der Waals surface area (Å²) in [7, 11) is 6.37. The Bertz CT molecular complexity index is 4970. The third kappa shape index (κ3) is 34.3. The van der Waals surface area contributed by atoms with Crippen molar-refractivity contribution in [3.05, 3.63) is 297 Å². The van der Waals surface area contributed by atoms with Crippen LogP contribution in [0.3, 0.4) is 0 Å². The number of unbranched alkanes of at least 4 members (excludes halogenated alkanes) is 1. The van der Waals surface area contributed by atoms with E-state index in [1.807, 2.05) is 176 Å². The summed E-state index contributed by atoms with van der Waals surface area (Å²) >= 11 is 2.26. The second-order valence-corrected chi connectivity index (χ2v) is 30.3. The van der Waals surface area contributed by atoms with Gasteiger partial charge in [-0.25, -0.2) is 38.7 Å². The van der Waals surface area contributed by atoms with Crippen molar-refractivity contribution in [2.75, 3.05) is 53.6 Å². The molecule has 2 heterocycles. The molecular weight excluding hydrogens is 1720 g/mol. The molecule has 642 valence electrons. The molecular formula is C90H97IN9O20S2-. The molecule has 29 nitrogen and oxygen atoms in total. The predicted octanol–water partition coefficient (Wildman–Crippen LogP) is 10.1. The molecule has 3 atom stereocenters. The number of thiazole rings is 2. The molecule has 0 saturated carbocycles. The number of esters is 5. The van der Waals surface area contributed by atoms with Gasteiger partial charge in [-0.05, 0) is 49.4 Å². The van der Waals surface area contributed by atoms with E-state index >= 15 is 0 Å². The number of carbonyl (C=O) groups excluding carboxylic acids is 12. The van der Waals surface area contributed by atoms with Crippen LogP contribution in [-0.2, 0) is 88.2 Å². The SMILES string of the molecule is CCCC[C@H](NC(=O)c1nc(CNC(=O)OC(C)(C)C)sc1-c1ccccc1)C(=O)OC.COC(=O)C(NC(=O)CNC(=O)OCc1ccccc1)C(=O)c1ccccc1.COC(=O)C(N[I-]C)C(=O)c1ccccc1.COC(=O)CN=C(c1ccccc1)c1ccccc1.COC(=O)c1nc(CNC(=O)OCc2ccccc2)sc1-c1ccccc1. The molecule has 0 radical (unpaired) electrons. The summed E-state index contributed by atoms with van der Waals surface area (Å²) in [6.45, 7) is 7.41. The fraction of sp³-hybridized carbons (Fsp3) is 0.256. The number of carbonyl (C=O) groups is 12. The molecule has 8 aromatic carbocycles. The summed E-state index contributed by atoms with van der Waals surface area (Å²) in [6, 6.07) is 70.5. The van der Waals surface area contributed by atoms with Crippen molar-refractivity contribution in [2.45, 2.75) is 97.0 Å². The van der Waals surface area contributed by atoms with Gasteiger partial charge in [0.2, 0.25) is 5.91 Å². The van der Waals surface area contributed by atoms with Crippen LogP contribution in [0.15, 0.2) is 248 Å². The molecule has 0 aliphatic carbocycles. The van der Waals surface area contributed by atoms with Gasteiger partial charge in [-0.15, -0.1) is 22.7 Å². The van der Waals surface area contributed by atoms with E-state index in [9.17, 15) is 57.5 Å². The van der Waals surface area contributed by atoms with Gasteiger partial charge in [-0.3, -0.25) is 24.2 Å². The maximum Gasteiger partial charge on any atom is 0.407 e. The topological polar surface area (TPSA) is 389 Å². The monoisotopic (exact) mass is 1810 g/mol. The standard InChI is InChI=1S/C23H31N3O5S.C20H20N2O6.C20H18N2O4S.C16H15NO2.C11H13INO3/c1-6-7-13-16(21(28)30-5)25-20(27)18-19(15-11-9-8-10-12-15)32-17(26-18)14-24-22(29)31-23(2,3)4;1-27-19(25)17(18(24)15-10-6-3-7-11-15)22-16(23)12-21-20(26)28-13-14-8-4-2-5-9-14;1-25-19(23)17-18(15-10-6-3-7-11-15)27-16(22-17)12-21-20(24)26-13-14-8-4-2-5-9-14;1-19-15(18)12-17-16(13-8-4-2-5-9-13)14-10-6-3-7-11-14;1-12-13-9(11(15)16-2)10(14)8-6-4-3-5-7-8/h8-12,16H,6-7,13-14H2,1-5H3,(H,24,29)(H,25,27);2-11,17H,12-13H2,1H3,(H,21,26)(H,22,23);2-11H,12-13H2,1H3,(H,21,24);2-11H,12H2,1H3;3-7,9,13H,1-2H3/q;;;;-1/t16-;;;;/m0..../s1. The third-order valence-corrected chi connectivity index (χ3v) is 19.8. The normalized spacial score (nSPS) is 11.1. The van der Waals surface area contributed by atoms with Crippen molar-refractivity contribution in [2.24, 2.45) is 4.99 Å². The number of halogens is 1. The average Bonchev–Trinajstić information content (AvgIpc) is 1.67. The molecule has 0 fully saturated rings. The number of Topliss-reactive ketones (excluding diaryl/α,β-unsaturated/α-hetero) is 2. The van der Waals surface area contributed by atoms with Crippen molar-refractivity contribution in [3.8, 4) is 20.9 Å². The molecule has 0 spiro atoms. The Morgan fingerprint density at radius 2 is 0.844 bits per heavy atom. The van der Waals surface area contributed by atoms with E-state index < -0.39 is 90.0 Å². The number of ketones is 2. The zero-order valence-corrected chi connectivity index (χ0v) is 72.7. The first-order valence-corrected chi connectivity index (χ1v) is 42.7. The van der Waals surface area contributed by atoms with Crippen LogP contribution >= 0.6 is 22.7 Å². The molecule has 0 aliphatic rings. The van der Waals surface area contributed by atoms with Crippen LogP contribution in [0.25, 0.3) is 20.9 Å². The molecule has 6 N–H and O–H groups in total. The number of nitrogens with zero attached hydrogens (tertiary/aromatic N) is 3. The summed E-state index contributed by atoms with van der Waals surface area (Å²) in [5, 5.41) is 13.7. The van der Waals surface area contributed by atoms with Gasteiger partial charge in [0.05, 0.1) is 57.0 Å². The van der Waals surface area contributed by atoms with E-state index in [1.54, 1.807) is 87.5 Å². The van der Waals surface area contributed by atoms with Crippen molar-refractivity contribution in [1.29, 1.82) is 0 Å². The van der Waals surface area contributed by atoms with E-state index in [2.05, 4.69) is 59.3 Å². The Kier molecular flexibility index (Phi) is 42.7. The van der Waals surface area contributed by atoms with E-state index in [4.69, 9.17) is 23.7 Å². The molecule has 5 amide bonds. The van der Waals surface area contributed by atoms with Crippen LogP contribution in [0.5, 0.6) is 0 Å². The number of ether oxygens (including phenoxy) is 8. The zero-order valence-electron chi connectivity index (χ0n) is 68.9. The van der Waals surface area contributed by atoms with Crippen LogP contribution in [0.1, 0.15) is 121 Å². The first-order chi connectivity index (χ1) is 58.8. The molecule has 32 heteroatoms. The fourth-order valence-electron chi connectivity index (χ4n) is 10.5. The van der Waals surface area contributed by atoms with E-state index in [0.717, 1.165) is 59.0 Å². The molecule has 122 heavy (non-hydrogen) atoms. The Morgan fingerprint density at radius 3 is 1.26 bits per heavy atom. The number of hydrogen-bond acceptors (Lipinski definition) is 26. The molecule has 0 bridgehead atoms. The summed E-state index contributed by atoms with van der Waals surface area (Å²) < 4.78 is 41.8. The molecule has 0 aliphatic heterocycles. The molecule has 0 saturated heterocycles. The number of rotatable bonds is 32. The Morgan fingerprint density at radius 1 is 0.451 bits per heavy atom. The summed E-state index contributed by atoms with van der Waals surface area (Å²) in [5.74, 6) is -4.85. The number of aromatic nitrogens is 2. The minimum Gasteiger partial charge on any atom is -0.468 e. The fourth-order valence-corrected chi connectivity index (χ4v) is 13.6. The largest absolute Gasteiger partial charge is 0.468 e. The van der Waals surface area contributed by atoms with Gasteiger partial charge >= 0.3 is 147 Å². The Labute approximate surface area is 726 Å². The maximum absolute atomic E-state index is 13.1. The Balaban J connectivity index is 0.000000240.